The standard InChI is InChI=1S/C8H12N2.C8H17NO2/c9-10-7-6-8-4-2-1-3-5-8;1-6(2)3-7(5-9)4-8(10)11/h1-5,10H,6-7,9H2;6-7H,3-5,9H2,1-2H3,(H,10,11)/t;7-/m.0/s1. The van der Waals surface area contributed by atoms with Crippen molar-refractivity contribution in [1.82, 2.24) is 5.43 Å². The lowest BCUT2D eigenvalue weighted by atomic mass is 9.94. The first-order chi connectivity index (χ1) is 9.99. The van der Waals surface area contributed by atoms with Gasteiger partial charge in [-0.05, 0) is 36.8 Å². The van der Waals surface area contributed by atoms with Gasteiger partial charge in [-0.15, -0.1) is 0 Å². The van der Waals surface area contributed by atoms with Crippen molar-refractivity contribution < 1.29 is 9.90 Å². The molecule has 0 aliphatic carbocycles. The molecule has 0 saturated carbocycles. The highest BCUT2D eigenvalue weighted by atomic mass is 16.4. The molecule has 0 spiro atoms. The van der Waals surface area contributed by atoms with E-state index in [1.54, 1.807) is 0 Å². The topological polar surface area (TPSA) is 101 Å². The number of hydrazine groups is 1. The number of rotatable bonds is 8. The van der Waals surface area contributed by atoms with Crippen LogP contribution in [-0.2, 0) is 11.2 Å². The van der Waals surface area contributed by atoms with E-state index in [9.17, 15) is 4.79 Å². The lowest BCUT2D eigenvalue weighted by Crippen LogP contribution is -2.24. The van der Waals surface area contributed by atoms with E-state index in [0.717, 1.165) is 19.4 Å². The van der Waals surface area contributed by atoms with Gasteiger partial charge in [0.1, 0.15) is 0 Å². The lowest BCUT2D eigenvalue weighted by molar-refractivity contribution is -0.138. The van der Waals surface area contributed by atoms with Gasteiger partial charge in [0.2, 0.25) is 0 Å². The molecule has 5 heteroatoms. The Kier molecular flexibility index (Phi) is 11.5. The molecule has 120 valence electrons. The Labute approximate surface area is 127 Å². The van der Waals surface area contributed by atoms with Crippen LogP contribution >= 0.6 is 0 Å². The zero-order chi connectivity index (χ0) is 16.1. The molecular formula is C16H29N3O2. The first-order valence-electron chi connectivity index (χ1n) is 7.38. The van der Waals surface area contributed by atoms with Crippen LogP contribution < -0.4 is 17.0 Å². The van der Waals surface area contributed by atoms with Gasteiger partial charge in [-0.3, -0.25) is 16.1 Å². The molecule has 0 aliphatic rings. The van der Waals surface area contributed by atoms with E-state index < -0.39 is 5.97 Å². The highest BCUT2D eigenvalue weighted by molar-refractivity contribution is 5.67. The van der Waals surface area contributed by atoms with Crippen LogP contribution in [0.3, 0.4) is 0 Å². The smallest absolute Gasteiger partial charge is 0.303 e. The average molecular weight is 295 g/mol. The number of nitrogens with two attached hydrogens (primary N) is 2. The molecule has 0 bridgehead atoms. The Balaban J connectivity index is 0.000000382. The summed E-state index contributed by atoms with van der Waals surface area (Å²) in [6.45, 7) is 5.46. The van der Waals surface area contributed by atoms with E-state index in [1.807, 2.05) is 18.2 Å². The van der Waals surface area contributed by atoms with E-state index in [0.29, 0.717) is 12.5 Å². The van der Waals surface area contributed by atoms with E-state index >= 15 is 0 Å². The first-order valence-corrected chi connectivity index (χ1v) is 7.38. The number of carboxylic acids is 1. The molecule has 1 aromatic carbocycles. The van der Waals surface area contributed by atoms with E-state index in [1.165, 1.54) is 5.56 Å². The zero-order valence-corrected chi connectivity index (χ0v) is 13.1. The third-order valence-corrected chi connectivity index (χ3v) is 3.00. The highest BCUT2D eigenvalue weighted by Crippen LogP contribution is 2.13. The molecule has 0 heterocycles. The molecule has 1 rings (SSSR count). The molecule has 0 radical (unpaired) electrons. The van der Waals surface area contributed by atoms with E-state index in [4.69, 9.17) is 16.7 Å². The van der Waals surface area contributed by atoms with Crippen LogP contribution in [0.15, 0.2) is 30.3 Å². The summed E-state index contributed by atoms with van der Waals surface area (Å²) in [4.78, 5) is 10.3. The van der Waals surface area contributed by atoms with Crippen LogP contribution in [0.5, 0.6) is 0 Å². The second kappa shape index (κ2) is 12.3. The molecule has 5 nitrogen and oxygen atoms in total. The Hall–Kier alpha value is -1.43. The van der Waals surface area contributed by atoms with Gasteiger partial charge in [0.25, 0.3) is 0 Å². The second-order valence-electron chi connectivity index (χ2n) is 5.52. The molecule has 0 aromatic heterocycles. The molecule has 0 amide bonds. The number of nitrogens with one attached hydrogen (secondary N) is 1. The van der Waals surface area contributed by atoms with Gasteiger partial charge in [0, 0.05) is 13.0 Å². The number of carboxylic acid groups (broad SMARTS) is 1. The molecular weight excluding hydrogens is 266 g/mol. The summed E-state index contributed by atoms with van der Waals surface area (Å²) < 4.78 is 0. The van der Waals surface area contributed by atoms with Crippen LogP contribution in [0, 0.1) is 11.8 Å². The minimum Gasteiger partial charge on any atom is -0.481 e. The van der Waals surface area contributed by atoms with Crippen molar-refractivity contribution in [2.24, 2.45) is 23.4 Å². The van der Waals surface area contributed by atoms with Gasteiger partial charge in [-0.2, -0.15) is 0 Å². The molecule has 0 unspecified atom stereocenters. The van der Waals surface area contributed by atoms with Crippen LogP contribution in [0.25, 0.3) is 0 Å². The molecule has 6 N–H and O–H groups in total. The van der Waals surface area contributed by atoms with Gasteiger partial charge in [0.05, 0.1) is 0 Å². The average Bonchev–Trinajstić information content (AvgIpc) is 2.45. The molecule has 0 fully saturated rings. The van der Waals surface area contributed by atoms with Crippen LogP contribution in [0.4, 0.5) is 0 Å². The Morgan fingerprint density at radius 3 is 2.33 bits per heavy atom. The van der Waals surface area contributed by atoms with Gasteiger partial charge >= 0.3 is 5.97 Å². The molecule has 0 saturated heterocycles. The first kappa shape index (κ1) is 19.6. The van der Waals surface area contributed by atoms with Gasteiger partial charge in [-0.25, -0.2) is 0 Å². The number of benzene rings is 1. The monoisotopic (exact) mass is 295 g/mol. The fourth-order valence-electron chi connectivity index (χ4n) is 2.04. The molecule has 21 heavy (non-hydrogen) atoms. The number of hydrogen-bond acceptors (Lipinski definition) is 4. The summed E-state index contributed by atoms with van der Waals surface area (Å²) >= 11 is 0. The van der Waals surface area contributed by atoms with Crippen molar-refractivity contribution >= 4 is 5.97 Å². The Morgan fingerprint density at radius 1 is 1.29 bits per heavy atom. The van der Waals surface area contributed by atoms with Crippen molar-refractivity contribution in [2.45, 2.75) is 33.1 Å². The predicted octanol–water partition coefficient (Wildman–Crippen LogP) is 1.77. The summed E-state index contributed by atoms with van der Waals surface area (Å²) in [5.41, 5.74) is 9.34. The predicted molar refractivity (Wildman–Crippen MR) is 86.6 cm³/mol. The maximum atomic E-state index is 10.3. The summed E-state index contributed by atoms with van der Waals surface area (Å²) in [5, 5.41) is 8.47. The molecule has 1 aromatic rings. The second-order valence-corrected chi connectivity index (χ2v) is 5.52. The summed E-state index contributed by atoms with van der Waals surface area (Å²) in [5.74, 6) is 5.05. The maximum Gasteiger partial charge on any atom is 0.303 e. The van der Waals surface area contributed by atoms with E-state index in [2.05, 4.69) is 31.4 Å². The number of carbonyl (C=O) groups is 1. The molecule has 1 atom stereocenters. The van der Waals surface area contributed by atoms with Crippen molar-refractivity contribution in [2.75, 3.05) is 13.1 Å². The van der Waals surface area contributed by atoms with Crippen molar-refractivity contribution in [3.63, 3.8) is 0 Å². The van der Waals surface area contributed by atoms with Crippen LogP contribution in [-0.4, -0.2) is 24.2 Å². The van der Waals surface area contributed by atoms with Crippen molar-refractivity contribution in [3.05, 3.63) is 35.9 Å². The van der Waals surface area contributed by atoms with Crippen molar-refractivity contribution in [3.8, 4) is 0 Å². The Morgan fingerprint density at radius 2 is 1.90 bits per heavy atom. The SMILES string of the molecule is CC(C)C[C@H](CN)CC(=O)O.NNCCc1ccccc1. The summed E-state index contributed by atoms with van der Waals surface area (Å²) in [6.07, 6.45) is 2.11. The minimum absolute atomic E-state index is 0.146. The van der Waals surface area contributed by atoms with Crippen LogP contribution in [0.1, 0.15) is 32.3 Å². The Bertz CT molecular complexity index is 369. The van der Waals surface area contributed by atoms with Gasteiger partial charge in [0.15, 0.2) is 0 Å². The number of hydrogen-bond donors (Lipinski definition) is 4. The van der Waals surface area contributed by atoms with Crippen molar-refractivity contribution in [1.29, 1.82) is 0 Å². The fraction of sp³-hybridized carbons (Fsp3) is 0.562. The van der Waals surface area contributed by atoms with Gasteiger partial charge in [-0.1, -0.05) is 44.2 Å². The minimum atomic E-state index is -0.749. The fourth-order valence-corrected chi connectivity index (χ4v) is 2.04. The van der Waals surface area contributed by atoms with Crippen LogP contribution in [0.2, 0.25) is 0 Å². The normalized spacial score (nSPS) is 11.7. The molecule has 0 aliphatic heterocycles. The zero-order valence-electron chi connectivity index (χ0n) is 13.1. The highest BCUT2D eigenvalue weighted by Gasteiger charge is 2.12. The lowest BCUT2D eigenvalue weighted by Gasteiger charge is -2.13. The van der Waals surface area contributed by atoms with E-state index in [-0.39, 0.29) is 12.3 Å². The maximum absolute atomic E-state index is 10.3. The van der Waals surface area contributed by atoms with Gasteiger partial charge < -0.3 is 10.8 Å². The summed E-state index contributed by atoms with van der Waals surface area (Å²) in [6, 6.07) is 10.3. The largest absolute Gasteiger partial charge is 0.481 e. The quantitative estimate of drug-likeness (QED) is 0.432. The summed E-state index contributed by atoms with van der Waals surface area (Å²) in [7, 11) is 0. The number of aliphatic carboxylic acids is 1. The third-order valence-electron chi connectivity index (χ3n) is 3.00. The third kappa shape index (κ3) is 12.1.